The van der Waals surface area contributed by atoms with Crippen LogP contribution in [0, 0.1) is 12.8 Å². The standard InChI is InChI=1S/C23H30N4O2/c1-16-13-17(3-6-20(16)29-2)14-26-11-8-23(9-12-26)21-19(24-15-25-21)7-10-27(23)22(28)18-4-5-18/h3,6,13,15,18H,4-5,7-12,14H2,1-2H3,(H,24,25). The molecule has 3 heterocycles. The van der Waals surface area contributed by atoms with Crippen molar-refractivity contribution in [3.63, 3.8) is 0 Å². The first-order valence-electron chi connectivity index (χ1n) is 10.8. The van der Waals surface area contributed by atoms with Gasteiger partial charge >= 0.3 is 0 Å². The van der Waals surface area contributed by atoms with Gasteiger partial charge in [-0.05, 0) is 49.8 Å². The lowest BCUT2D eigenvalue weighted by molar-refractivity contribution is -0.143. The van der Waals surface area contributed by atoms with Crippen LogP contribution < -0.4 is 4.74 Å². The molecule has 0 atom stereocenters. The number of imidazole rings is 1. The molecule has 1 saturated carbocycles. The maximum absolute atomic E-state index is 13.1. The fourth-order valence-electron chi connectivity index (χ4n) is 5.23. The fourth-order valence-corrected chi connectivity index (χ4v) is 5.23. The van der Waals surface area contributed by atoms with Gasteiger partial charge in [0.15, 0.2) is 0 Å². The highest BCUT2D eigenvalue weighted by atomic mass is 16.5. The van der Waals surface area contributed by atoms with Gasteiger partial charge in [-0.2, -0.15) is 0 Å². The Balaban J connectivity index is 1.34. The smallest absolute Gasteiger partial charge is 0.226 e. The summed E-state index contributed by atoms with van der Waals surface area (Å²) in [6, 6.07) is 6.44. The number of piperidine rings is 1. The van der Waals surface area contributed by atoms with Crippen LogP contribution in [0.15, 0.2) is 24.5 Å². The van der Waals surface area contributed by atoms with Gasteiger partial charge in [-0.25, -0.2) is 4.98 Å². The SMILES string of the molecule is COc1ccc(CN2CCC3(CC2)c2nc[nH]c2CCN3C(=O)C2CC2)cc1C. The number of rotatable bonds is 4. The van der Waals surface area contributed by atoms with E-state index in [0.29, 0.717) is 5.91 Å². The molecule has 2 aliphatic heterocycles. The first-order valence-corrected chi connectivity index (χ1v) is 10.8. The van der Waals surface area contributed by atoms with Crippen molar-refractivity contribution in [1.29, 1.82) is 0 Å². The average Bonchev–Trinajstić information content (AvgIpc) is 3.47. The number of hydrogen-bond acceptors (Lipinski definition) is 4. The second-order valence-electron chi connectivity index (χ2n) is 8.86. The van der Waals surface area contributed by atoms with E-state index >= 15 is 0 Å². The summed E-state index contributed by atoms with van der Waals surface area (Å²) in [5.41, 5.74) is 4.61. The second-order valence-corrected chi connectivity index (χ2v) is 8.86. The van der Waals surface area contributed by atoms with E-state index < -0.39 is 0 Å². The summed E-state index contributed by atoms with van der Waals surface area (Å²) < 4.78 is 5.39. The third-order valence-corrected chi connectivity index (χ3v) is 7.00. The fraction of sp³-hybridized carbons (Fsp3) is 0.565. The predicted octanol–water partition coefficient (Wildman–Crippen LogP) is 3.01. The molecule has 1 saturated heterocycles. The van der Waals surface area contributed by atoms with Crippen LogP contribution >= 0.6 is 0 Å². The Bertz CT molecular complexity index is 909. The predicted molar refractivity (Wildman–Crippen MR) is 111 cm³/mol. The van der Waals surface area contributed by atoms with Crippen LogP contribution in [0.2, 0.25) is 0 Å². The number of amides is 1. The van der Waals surface area contributed by atoms with Crippen LogP contribution in [0.3, 0.4) is 0 Å². The normalized spacial score (nSPS) is 21.2. The molecule has 29 heavy (non-hydrogen) atoms. The maximum atomic E-state index is 13.1. The monoisotopic (exact) mass is 394 g/mol. The van der Waals surface area contributed by atoms with Crippen LogP contribution in [-0.2, 0) is 23.3 Å². The lowest BCUT2D eigenvalue weighted by Gasteiger charge is -2.50. The zero-order valence-corrected chi connectivity index (χ0v) is 17.4. The number of nitrogens with one attached hydrogen (secondary N) is 1. The Kier molecular flexibility index (Phi) is 4.62. The number of carbonyl (C=O) groups excluding carboxylic acids is 1. The van der Waals surface area contributed by atoms with Gasteiger partial charge in [0.1, 0.15) is 5.75 Å². The zero-order valence-electron chi connectivity index (χ0n) is 17.4. The lowest BCUT2D eigenvalue weighted by Crippen LogP contribution is -2.58. The molecular formula is C23H30N4O2. The molecule has 1 aromatic carbocycles. The molecule has 3 aliphatic rings. The van der Waals surface area contributed by atoms with Crippen LogP contribution in [0.1, 0.15) is 48.2 Å². The molecule has 0 unspecified atom stereocenters. The third-order valence-electron chi connectivity index (χ3n) is 7.00. The van der Waals surface area contributed by atoms with E-state index in [0.717, 1.165) is 69.7 Å². The van der Waals surface area contributed by atoms with E-state index in [-0.39, 0.29) is 11.5 Å². The van der Waals surface area contributed by atoms with Gasteiger partial charge in [0, 0.05) is 44.2 Å². The van der Waals surface area contributed by atoms with Gasteiger partial charge in [0.05, 0.1) is 24.7 Å². The Morgan fingerprint density at radius 2 is 2.07 bits per heavy atom. The number of ether oxygens (including phenoxy) is 1. The first-order chi connectivity index (χ1) is 14.1. The van der Waals surface area contributed by atoms with Gasteiger partial charge < -0.3 is 14.6 Å². The number of hydrogen-bond donors (Lipinski definition) is 1. The van der Waals surface area contributed by atoms with Gasteiger partial charge in [-0.15, -0.1) is 0 Å². The minimum atomic E-state index is -0.223. The summed E-state index contributed by atoms with van der Waals surface area (Å²) in [4.78, 5) is 25.8. The molecule has 1 aromatic heterocycles. The Morgan fingerprint density at radius 1 is 1.28 bits per heavy atom. The number of benzene rings is 1. The molecule has 0 radical (unpaired) electrons. The van der Waals surface area contributed by atoms with Crippen molar-refractivity contribution in [1.82, 2.24) is 19.8 Å². The number of aromatic nitrogens is 2. The summed E-state index contributed by atoms with van der Waals surface area (Å²) in [5, 5.41) is 0. The summed E-state index contributed by atoms with van der Waals surface area (Å²) in [5.74, 6) is 1.55. The number of nitrogens with zero attached hydrogens (tertiary/aromatic N) is 3. The molecule has 2 fully saturated rings. The van der Waals surface area contributed by atoms with Crippen molar-refractivity contribution < 1.29 is 9.53 Å². The van der Waals surface area contributed by atoms with Crippen molar-refractivity contribution in [2.75, 3.05) is 26.7 Å². The highest BCUT2D eigenvalue weighted by molar-refractivity contribution is 5.82. The number of methoxy groups -OCH3 is 1. The molecule has 0 bridgehead atoms. The summed E-state index contributed by atoms with van der Waals surface area (Å²) in [7, 11) is 1.72. The first kappa shape index (κ1) is 18.7. The molecule has 1 spiro atoms. The van der Waals surface area contributed by atoms with E-state index in [1.807, 2.05) is 6.33 Å². The number of fused-ring (bicyclic) bond motifs is 2. The quantitative estimate of drug-likeness (QED) is 0.866. The van der Waals surface area contributed by atoms with Crippen molar-refractivity contribution in [3.05, 3.63) is 47.0 Å². The van der Waals surface area contributed by atoms with Crippen molar-refractivity contribution in [2.45, 2.75) is 51.1 Å². The third kappa shape index (κ3) is 3.23. The van der Waals surface area contributed by atoms with Crippen LogP contribution in [0.25, 0.3) is 0 Å². The highest BCUT2D eigenvalue weighted by Crippen LogP contribution is 2.45. The molecule has 6 heteroatoms. The van der Waals surface area contributed by atoms with Crippen LogP contribution in [0.4, 0.5) is 0 Å². The zero-order chi connectivity index (χ0) is 20.0. The largest absolute Gasteiger partial charge is 0.496 e. The van der Waals surface area contributed by atoms with E-state index in [9.17, 15) is 4.79 Å². The van der Waals surface area contributed by atoms with E-state index in [1.54, 1.807) is 7.11 Å². The van der Waals surface area contributed by atoms with E-state index in [4.69, 9.17) is 9.72 Å². The molecular weight excluding hydrogens is 364 g/mol. The lowest BCUT2D eigenvalue weighted by atomic mass is 9.78. The van der Waals surface area contributed by atoms with Crippen molar-refractivity contribution in [3.8, 4) is 5.75 Å². The van der Waals surface area contributed by atoms with Crippen LogP contribution in [0.5, 0.6) is 5.75 Å². The maximum Gasteiger partial charge on any atom is 0.226 e. The molecule has 1 amide bonds. The van der Waals surface area contributed by atoms with Gasteiger partial charge in [-0.1, -0.05) is 12.1 Å². The minimum absolute atomic E-state index is 0.223. The van der Waals surface area contributed by atoms with E-state index in [2.05, 4.69) is 39.9 Å². The Labute approximate surface area is 172 Å². The molecule has 6 nitrogen and oxygen atoms in total. The molecule has 1 N–H and O–H groups in total. The van der Waals surface area contributed by atoms with Gasteiger partial charge in [0.2, 0.25) is 5.91 Å². The van der Waals surface area contributed by atoms with E-state index in [1.165, 1.54) is 16.8 Å². The van der Waals surface area contributed by atoms with Gasteiger partial charge in [0.25, 0.3) is 0 Å². The number of aromatic amines is 1. The number of H-pyrrole nitrogens is 1. The molecule has 1 aliphatic carbocycles. The Morgan fingerprint density at radius 3 is 2.76 bits per heavy atom. The highest BCUT2D eigenvalue weighted by Gasteiger charge is 2.50. The molecule has 2 aromatic rings. The molecule has 154 valence electrons. The summed E-state index contributed by atoms with van der Waals surface area (Å²) in [6.07, 6.45) is 6.73. The second kappa shape index (κ2) is 7.17. The topological polar surface area (TPSA) is 61.5 Å². The summed E-state index contributed by atoms with van der Waals surface area (Å²) in [6.45, 7) is 5.81. The average molecular weight is 395 g/mol. The van der Waals surface area contributed by atoms with Crippen molar-refractivity contribution >= 4 is 5.91 Å². The van der Waals surface area contributed by atoms with Gasteiger partial charge in [-0.3, -0.25) is 9.69 Å². The summed E-state index contributed by atoms with van der Waals surface area (Å²) >= 11 is 0. The van der Waals surface area contributed by atoms with Crippen molar-refractivity contribution in [2.24, 2.45) is 5.92 Å². The molecule has 5 rings (SSSR count). The van der Waals surface area contributed by atoms with Crippen LogP contribution in [-0.4, -0.2) is 52.4 Å². The number of aryl methyl sites for hydroxylation is 1. The Hall–Kier alpha value is -2.34. The minimum Gasteiger partial charge on any atom is -0.496 e. The number of likely N-dealkylation sites (tertiary alicyclic amines) is 1. The number of carbonyl (C=O) groups is 1.